The van der Waals surface area contributed by atoms with Gasteiger partial charge in [0.05, 0.1) is 12.1 Å². The van der Waals surface area contributed by atoms with Crippen molar-refractivity contribution in [2.75, 3.05) is 17.8 Å². The van der Waals surface area contributed by atoms with Crippen LogP contribution in [0.5, 0.6) is 5.75 Å². The third-order valence-electron chi connectivity index (χ3n) is 4.44. The van der Waals surface area contributed by atoms with Crippen molar-refractivity contribution < 1.29 is 9.47 Å². The number of nitrogens with two attached hydrogens (primary N) is 2. The lowest BCUT2D eigenvalue weighted by Crippen LogP contribution is -2.24. The first kappa shape index (κ1) is 16.6. The molecule has 0 amide bonds. The molecule has 4 rings (SSSR count). The maximum Gasteiger partial charge on any atom is 0.222 e. The van der Waals surface area contributed by atoms with Crippen LogP contribution in [0.25, 0.3) is 22.0 Å². The van der Waals surface area contributed by atoms with E-state index in [1.54, 1.807) is 0 Å². The summed E-state index contributed by atoms with van der Waals surface area (Å²) in [7, 11) is 0. The molecule has 2 aromatic carbocycles. The van der Waals surface area contributed by atoms with E-state index < -0.39 is 0 Å². The molecule has 1 aromatic heterocycles. The van der Waals surface area contributed by atoms with Crippen LogP contribution in [0.3, 0.4) is 0 Å². The highest BCUT2D eigenvalue weighted by molar-refractivity contribution is 5.93. The van der Waals surface area contributed by atoms with Crippen LogP contribution in [0.2, 0.25) is 0 Å². The summed E-state index contributed by atoms with van der Waals surface area (Å²) in [6.45, 7) is 0.768. The van der Waals surface area contributed by atoms with E-state index in [4.69, 9.17) is 21.1 Å². The van der Waals surface area contributed by atoms with E-state index in [9.17, 15) is 0 Å². The van der Waals surface area contributed by atoms with Crippen LogP contribution in [-0.2, 0) is 4.74 Å². The molecule has 1 fully saturated rings. The van der Waals surface area contributed by atoms with Gasteiger partial charge in [0.15, 0.2) is 12.1 Å². The number of benzene rings is 2. The summed E-state index contributed by atoms with van der Waals surface area (Å²) < 4.78 is 11.5. The number of aromatic nitrogens is 2. The van der Waals surface area contributed by atoms with Gasteiger partial charge in [0.1, 0.15) is 5.75 Å². The van der Waals surface area contributed by atoms with Gasteiger partial charge in [0.25, 0.3) is 0 Å². The number of rotatable bonds is 4. The van der Waals surface area contributed by atoms with Crippen LogP contribution in [0, 0.1) is 0 Å². The van der Waals surface area contributed by atoms with Gasteiger partial charge in [-0.3, -0.25) is 0 Å². The molecule has 0 bridgehead atoms. The number of fused-ring (bicyclic) bond motifs is 1. The van der Waals surface area contributed by atoms with Gasteiger partial charge < -0.3 is 20.6 Å². The zero-order valence-corrected chi connectivity index (χ0v) is 14.3. The van der Waals surface area contributed by atoms with Crippen LogP contribution < -0.4 is 21.7 Å². The van der Waals surface area contributed by atoms with Gasteiger partial charge in [-0.15, -0.1) is 0 Å². The van der Waals surface area contributed by atoms with E-state index in [1.807, 2.05) is 42.5 Å². The Labute approximate surface area is 151 Å². The average Bonchev–Trinajstić information content (AvgIpc) is 2.68. The Morgan fingerprint density at radius 2 is 1.85 bits per heavy atom. The quantitative estimate of drug-likeness (QED) is 0.489. The fourth-order valence-electron chi connectivity index (χ4n) is 3.12. The number of nitrogen functional groups attached to an aromatic ring is 2. The summed E-state index contributed by atoms with van der Waals surface area (Å²) in [6.07, 6.45) is 3.04. The van der Waals surface area contributed by atoms with Crippen molar-refractivity contribution in [3.05, 3.63) is 42.5 Å². The highest BCUT2D eigenvalue weighted by Crippen LogP contribution is 2.29. The molecule has 1 saturated heterocycles. The van der Waals surface area contributed by atoms with Crippen molar-refractivity contribution >= 4 is 22.7 Å². The molecular weight excluding hydrogens is 330 g/mol. The van der Waals surface area contributed by atoms with Crippen LogP contribution >= 0.6 is 0 Å². The Bertz CT molecular complexity index is 908. The van der Waals surface area contributed by atoms with Crippen molar-refractivity contribution in [2.45, 2.75) is 25.6 Å². The predicted molar refractivity (Wildman–Crippen MR) is 101 cm³/mol. The minimum absolute atomic E-state index is 0.143. The predicted octanol–water partition coefficient (Wildman–Crippen LogP) is 3.07. The fraction of sp³-hybridized carbons (Fsp3) is 0.263. The first-order valence-corrected chi connectivity index (χ1v) is 8.65. The first-order chi connectivity index (χ1) is 12.7. The Hall–Kier alpha value is -2.90. The molecule has 0 saturated carbocycles. The molecule has 134 valence electrons. The molecule has 1 atom stereocenters. The van der Waals surface area contributed by atoms with Gasteiger partial charge in [-0.2, -0.15) is 4.98 Å². The second-order valence-corrected chi connectivity index (χ2v) is 6.25. The topological polar surface area (TPSA) is 108 Å². The lowest BCUT2D eigenvalue weighted by molar-refractivity contribution is -0.105. The lowest BCUT2D eigenvalue weighted by Gasteiger charge is -2.23. The summed E-state index contributed by atoms with van der Waals surface area (Å²) in [6, 6.07) is 13.8. The zero-order chi connectivity index (χ0) is 17.9. The fourth-order valence-corrected chi connectivity index (χ4v) is 3.12. The first-order valence-electron chi connectivity index (χ1n) is 8.65. The minimum Gasteiger partial charge on any atom is -0.465 e. The SMILES string of the molecule is NNc1nc(N)nc2ccc(-c3ccc(OC4CCCCO4)cc3)cc12. The van der Waals surface area contributed by atoms with Gasteiger partial charge >= 0.3 is 0 Å². The summed E-state index contributed by atoms with van der Waals surface area (Å²) in [5, 5.41) is 0.815. The van der Waals surface area contributed by atoms with Crippen LogP contribution in [0.4, 0.5) is 11.8 Å². The summed E-state index contributed by atoms with van der Waals surface area (Å²) in [5.74, 6) is 7.05. The normalized spacial score (nSPS) is 17.2. The van der Waals surface area contributed by atoms with E-state index in [0.29, 0.717) is 5.82 Å². The van der Waals surface area contributed by atoms with Crippen molar-refractivity contribution in [3.8, 4) is 16.9 Å². The molecule has 7 nitrogen and oxygen atoms in total. The van der Waals surface area contributed by atoms with Crippen molar-refractivity contribution in [2.24, 2.45) is 5.84 Å². The average molecular weight is 351 g/mol. The van der Waals surface area contributed by atoms with Gasteiger partial charge in [0.2, 0.25) is 5.95 Å². The largest absolute Gasteiger partial charge is 0.465 e. The van der Waals surface area contributed by atoms with Gasteiger partial charge in [-0.1, -0.05) is 18.2 Å². The number of anilines is 2. The minimum atomic E-state index is -0.143. The van der Waals surface area contributed by atoms with Gasteiger partial charge in [-0.05, 0) is 48.2 Å². The highest BCUT2D eigenvalue weighted by atomic mass is 16.7. The maximum absolute atomic E-state index is 5.88. The van der Waals surface area contributed by atoms with Crippen molar-refractivity contribution in [1.82, 2.24) is 9.97 Å². The molecule has 26 heavy (non-hydrogen) atoms. The Morgan fingerprint density at radius 1 is 1.04 bits per heavy atom. The summed E-state index contributed by atoms with van der Waals surface area (Å²) in [4.78, 5) is 8.37. The standard InChI is InChI=1S/C19H21N5O2/c20-19-22-16-9-6-13(11-15(16)18(23-19)24-21)12-4-7-14(8-5-12)26-17-3-1-2-10-25-17/h4-9,11,17H,1-3,10,21H2,(H3,20,22,23,24). The lowest BCUT2D eigenvalue weighted by atomic mass is 10.0. The Morgan fingerprint density at radius 3 is 2.58 bits per heavy atom. The molecule has 5 N–H and O–H groups in total. The number of hydrazine groups is 1. The number of nitrogens with one attached hydrogen (secondary N) is 1. The number of hydrogen-bond acceptors (Lipinski definition) is 7. The van der Waals surface area contributed by atoms with E-state index in [-0.39, 0.29) is 12.2 Å². The van der Waals surface area contributed by atoms with Crippen LogP contribution in [0.1, 0.15) is 19.3 Å². The van der Waals surface area contributed by atoms with E-state index >= 15 is 0 Å². The number of nitrogens with zero attached hydrogens (tertiary/aromatic N) is 2. The highest BCUT2D eigenvalue weighted by Gasteiger charge is 2.15. The van der Waals surface area contributed by atoms with Crippen molar-refractivity contribution in [1.29, 1.82) is 0 Å². The van der Waals surface area contributed by atoms with Crippen LogP contribution in [0.15, 0.2) is 42.5 Å². The van der Waals surface area contributed by atoms with Crippen LogP contribution in [-0.4, -0.2) is 22.9 Å². The smallest absolute Gasteiger partial charge is 0.222 e. The molecule has 0 spiro atoms. The molecular formula is C19H21N5O2. The third kappa shape index (κ3) is 3.40. The van der Waals surface area contributed by atoms with Crippen molar-refractivity contribution in [3.63, 3.8) is 0 Å². The summed E-state index contributed by atoms with van der Waals surface area (Å²) >= 11 is 0. The summed E-state index contributed by atoms with van der Waals surface area (Å²) in [5.41, 5.74) is 11.1. The second kappa shape index (κ2) is 7.15. The van der Waals surface area contributed by atoms with E-state index in [1.165, 1.54) is 0 Å². The molecule has 0 radical (unpaired) electrons. The van der Waals surface area contributed by atoms with E-state index in [2.05, 4.69) is 15.4 Å². The van der Waals surface area contributed by atoms with E-state index in [0.717, 1.165) is 53.6 Å². The molecule has 1 aliphatic heterocycles. The number of hydrogen-bond donors (Lipinski definition) is 3. The molecule has 3 aromatic rings. The molecule has 7 heteroatoms. The molecule has 0 aliphatic carbocycles. The Balaban J connectivity index is 1.59. The zero-order valence-electron chi connectivity index (χ0n) is 14.3. The second-order valence-electron chi connectivity index (χ2n) is 6.25. The molecule has 2 heterocycles. The number of ether oxygens (including phenoxy) is 2. The van der Waals surface area contributed by atoms with Gasteiger partial charge in [-0.25, -0.2) is 10.8 Å². The Kier molecular flexibility index (Phi) is 4.55. The van der Waals surface area contributed by atoms with Gasteiger partial charge in [0, 0.05) is 11.8 Å². The molecule has 1 aliphatic rings. The molecule has 1 unspecified atom stereocenters. The third-order valence-corrected chi connectivity index (χ3v) is 4.44. The monoisotopic (exact) mass is 351 g/mol. The maximum atomic E-state index is 5.88.